The Morgan fingerprint density at radius 2 is 2.16 bits per heavy atom. The molecule has 2 atom stereocenters. The monoisotopic (exact) mass is 339 g/mol. The highest BCUT2D eigenvalue weighted by Gasteiger charge is 2.31. The van der Waals surface area contributed by atoms with Crippen LogP contribution < -0.4 is 5.32 Å². The molecule has 6 nitrogen and oxygen atoms in total. The molecule has 6 heteroatoms. The first-order valence-corrected chi connectivity index (χ1v) is 8.49. The molecule has 0 saturated carbocycles. The minimum absolute atomic E-state index is 0.122. The van der Waals surface area contributed by atoms with Crippen LogP contribution in [-0.2, 0) is 6.54 Å². The van der Waals surface area contributed by atoms with Crippen molar-refractivity contribution >= 4 is 17.0 Å². The molecule has 2 unspecified atom stereocenters. The molecule has 3 heterocycles. The number of H-pyrrole nitrogens is 1. The maximum absolute atomic E-state index is 12.4. The molecule has 3 aromatic rings. The first kappa shape index (κ1) is 15.9. The highest BCUT2D eigenvalue weighted by Crippen LogP contribution is 2.21. The number of nitrogens with one attached hydrogen (secondary N) is 2. The quantitative estimate of drug-likeness (QED) is 0.665. The third kappa shape index (κ3) is 3.45. The lowest BCUT2D eigenvalue weighted by Crippen LogP contribution is -2.39. The topological polar surface area (TPSA) is 81.5 Å². The Balaban J connectivity index is 1.38. The summed E-state index contributed by atoms with van der Waals surface area (Å²) in [6, 6.07) is 13.8. The molecular formula is C19H21N3O3. The van der Waals surface area contributed by atoms with Crippen LogP contribution in [-0.4, -0.2) is 46.1 Å². The zero-order valence-corrected chi connectivity index (χ0v) is 13.8. The van der Waals surface area contributed by atoms with Gasteiger partial charge in [-0.3, -0.25) is 9.69 Å². The largest absolute Gasteiger partial charge is 0.463 e. The Labute approximate surface area is 145 Å². The van der Waals surface area contributed by atoms with Crippen molar-refractivity contribution in [2.75, 3.05) is 13.1 Å². The van der Waals surface area contributed by atoms with E-state index >= 15 is 0 Å². The van der Waals surface area contributed by atoms with Gasteiger partial charge in [0.05, 0.1) is 17.9 Å². The number of nitrogens with zero attached hydrogens (tertiary/aromatic N) is 1. The van der Waals surface area contributed by atoms with Gasteiger partial charge in [-0.15, -0.1) is 0 Å². The van der Waals surface area contributed by atoms with Crippen molar-refractivity contribution < 1.29 is 14.3 Å². The molecule has 1 saturated heterocycles. The summed E-state index contributed by atoms with van der Waals surface area (Å²) in [5, 5.41) is 13.0. The van der Waals surface area contributed by atoms with E-state index in [0.29, 0.717) is 30.8 Å². The number of carbonyl (C=O) groups excluding carboxylic acids is 1. The van der Waals surface area contributed by atoms with Gasteiger partial charge < -0.3 is 19.8 Å². The zero-order chi connectivity index (χ0) is 17.2. The lowest BCUT2D eigenvalue weighted by atomic mass is 10.1. The Hall–Kier alpha value is -2.57. The summed E-state index contributed by atoms with van der Waals surface area (Å²) in [5.41, 5.74) is 3.18. The molecule has 130 valence electrons. The fourth-order valence-electron chi connectivity index (χ4n) is 3.46. The predicted octanol–water partition coefficient (Wildman–Crippen LogP) is 2.13. The number of fused-ring (bicyclic) bond motifs is 1. The van der Waals surface area contributed by atoms with E-state index in [1.165, 1.54) is 5.56 Å². The zero-order valence-electron chi connectivity index (χ0n) is 13.8. The summed E-state index contributed by atoms with van der Waals surface area (Å²) in [5.74, 6) is -0.160. The fraction of sp³-hybridized carbons (Fsp3) is 0.316. The molecule has 4 rings (SSSR count). The second-order valence-corrected chi connectivity index (χ2v) is 6.55. The third-order valence-electron chi connectivity index (χ3n) is 4.72. The van der Waals surface area contributed by atoms with Crippen molar-refractivity contribution in [3.8, 4) is 0 Å². The molecule has 1 fully saturated rings. The molecule has 0 radical (unpaired) electrons. The number of benzene rings is 1. The average molecular weight is 339 g/mol. The van der Waals surface area contributed by atoms with Crippen LogP contribution in [0.3, 0.4) is 0 Å². The minimum Gasteiger partial charge on any atom is -0.463 e. The Morgan fingerprint density at radius 1 is 1.32 bits per heavy atom. The molecule has 1 aliphatic rings. The smallest absolute Gasteiger partial charge is 0.267 e. The van der Waals surface area contributed by atoms with Crippen LogP contribution >= 0.6 is 0 Å². The number of rotatable bonds is 5. The normalized spacial score (nSPS) is 21.0. The van der Waals surface area contributed by atoms with Crippen molar-refractivity contribution in [1.29, 1.82) is 0 Å². The van der Waals surface area contributed by atoms with Crippen molar-refractivity contribution in [3.63, 3.8) is 0 Å². The average Bonchev–Trinajstić information content (AvgIpc) is 3.28. The van der Waals surface area contributed by atoms with E-state index in [1.807, 2.05) is 18.2 Å². The number of furan rings is 1. The van der Waals surface area contributed by atoms with Gasteiger partial charge >= 0.3 is 0 Å². The number of aromatic amines is 1. The first-order chi connectivity index (χ1) is 12.2. The van der Waals surface area contributed by atoms with E-state index in [0.717, 1.165) is 12.1 Å². The van der Waals surface area contributed by atoms with Gasteiger partial charge in [0.1, 0.15) is 5.69 Å². The van der Waals surface area contributed by atoms with Gasteiger partial charge in [-0.1, -0.05) is 30.3 Å². The third-order valence-corrected chi connectivity index (χ3v) is 4.72. The molecule has 0 aliphatic carbocycles. The summed E-state index contributed by atoms with van der Waals surface area (Å²) < 4.78 is 5.27. The van der Waals surface area contributed by atoms with Gasteiger partial charge in [-0.05, 0) is 12.0 Å². The van der Waals surface area contributed by atoms with Crippen LogP contribution in [0.5, 0.6) is 0 Å². The Bertz CT molecular complexity index is 827. The molecule has 0 bridgehead atoms. The standard InChI is InChI=1S/C19H21N3O3/c23-15-8-14(22(12-15)11-13-4-2-1-3-5-13)10-20-19(24)17-9-18-16(21-17)6-7-25-18/h1-7,9,14-15,21,23H,8,10-12H2,(H,20,24). The van der Waals surface area contributed by atoms with Crippen LogP contribution in [0.1, 0.15) is 22.5 Å². The summed E-state index contributed by atoms with van der Waals surface area (Å²) >= 11 is 0. The maximum Gasteiger partial charge on any atom is 0.267 e. The number of hydrogen-bond acceptors (Lipinski definition) is 4. The van der Waals surface area contributed by atoms with Crippen molar-refractivity contribution in [3.05, 3.63) is 60.0 Å². The van der Waals surface area contributed by atoms with Gasteiger partial charge in [0.25, 0.3) is 5.91 Å². The van der Waals surface area contributed by atoms with E-state index in [1.54, 1.807) is 18.4 Å². The number of aliphatic hydroxyl groups excluding tert-OH is 1. The molecule has 25 heavy (non-hydrogen) atoms. The molecular weight excluding hydrogens is 318 g/mol. The number of β-amino-alcohol motifs (C(OH)–C–C–N with tert-alkyl or cyclic N) is 1. The van der Waals surface area contributed by atoms with Gasteiger partial charge in [0.15, 0.2) is 5.58 Å². The number of amides is 1. The van der Waals surface area contributed by atoms with Gasteiger partial charge in [0.2, 0.25) is 0 Å². The summed E-state index contributed by atoms with van der Waals surface area (Å²) in [6.07, 6.45) is 1.91. The second-order valence-electron chi connectivity index (χ2n) is 6.55. The second kappa shape index (κ2) is 6.74. The summed E-state index contributed by atoms with van der Waals surface area (Å²) in [6.45, 7) is 1.90. The van der Waals surface area contributed by atoms with E-state index < -0.39 is 0 Å². The highest BCUT2D eigenvalue weighted by atomic mass is 16.3. The lowest BCUT2D eigenvalue weighted by Gasteiger charge is -2.24. The van der Waals surface area contributed by atoms with Gasteiger partial charge in [-0.25, -0.2) is 0 Å². The number of hydrogen-bond donors (Lipinski definition) is 3. The molecule has 2 aromatic heterocycles. The lowest BCUT2D eigenvalue weighted by molar-refractivity contribution is 0.0935. The summed E-state index contributed by atoms with van der Waals surface area (Å²) in [7, 11) is 0. The van der Waals surface area contributed by atoms with Crippen molar-refractivity contribution in [2.24, 2.45) is 0 Å². The van der Waals surface area contributed by atoms with Crippen LogP contribution in [0.25, 0.3) is 11.1 Å². The minimum atomic E-state index is -0.349. The van der Waals surface area contributed by atoms with E-state index in [9.17, 15) is 9.90 Å². The van der Waals surface area contributed by atoms with Gasteiger partial charge in [-0.2, -0.15) is 0 Å². The summed E-state index contributed by atoms with van der Waals surface area (Å²) in [4.78, 5) is 17.6. The molecule has 1 amide bonds. The number of likely N-dealkylation sites (tertiary alicyclic amines) is 1. The predicted molar refractivity (Wildman–Crippen MR) is 94.2 cm³/mol. The highest BCUT2D eigenvalue weighted by molar-refractivity contribution is 5.96. The number of aliphatic hydroxyl groups is 1. The van der Waals surface area contributed by atoms with E-state index in [4.69, 9.17) is 4.42 Å². The van der Waals surface area contributed by atoms with Crippen molar-refractivity contribution in [2.45, 2.75) is 25.1 Å². The SMILES string of the molecule is O=C(NCC1CC(O)CN1Cc1ccccc1)c1cc2occc2[nH]1. The van der Waals surface area contributed by atoms with Crippen LogP contribution in [0.4, 0.5) is 0 Å². The van der Waals surface area contributed by atoms with Crippen LogP contribution in [0.2, 0.25) is 0 Å². The molecule has 1 aliphatic heterocycles. The number of carbonyl (C=O) groups is 1. The molecule has 0 spiro atoms. The number of aromatic nitrogens is 1. The Morgan fingerprint density at radius 3 is 2.96 bits per heavy atom. The van der Waals surface area contributed by atoms with Gasteiger partial charge in [0, 0.05) is 37.8 Å². The maximum atomic E-state index is 12.4. The molecule has 3 N–H and O–H groups in total. The van der Waals surface area contributed by atoms with E-state index in [-0.39, 0.29) is 18.1 Å². The van der Waals surface area contributed by atoms with Crippen LogP contribution in [0.15, 0.2) is 53.1 Å². The van der Waals surface area contributed by atoms with Crippen molar-refractivity contribution in [1.82, 2.24) is 15.2 Å². The molecule has 1 aromatic carbocycles. The first-order valence-electron chi connectivity index (χ1n) is 8.49. The Kier molecular flexibility index (Phi) is 4.29. The van der Waals surface area contributed by atoms with Crippen LogP contribution in [0, 0.1) is 0 Å². The fourth-order valence-corrected chi connectivity index (χ4v) is 3.46. The van der Waals surface area contributed by atoms with E-state index in [2.05, 4.69) is 27.3 Å².